The van der Waals surface area contributed by atoms with E-state index in [0.717, 1.165) is 15.4 Å². The molecule has 4 aromatic carbocycles. The summed E-state index contributed by atoms with van der Waals surface area (Å²) in [4.78, 5) is 29.9. The third-order valence-corrected chi connectivity index (χ3v) is 9.38. The monoisotopic (exact) mass is 675 g/mol. The Morgan fingerprint density at radius 1 is 0.875 bits per heavy atom. The number of methoxy groups -OCH3 is 2. The molecule has 0 aliphatic rings. The summed E-state index contributed by atoms with van der Waals surface area (Å²) >= 11 is 0. The van der Waals surface area contributed by atoms with Crippen LogP contribution in [-0.4, -0.2) is 57.5 Å². The van der Waals surface area contributed by atoms with Gasteiger partial charge in [-0.1, -0.05) is 66.2 Å². The number of rotatable bonds is 13. The van der Waals surface area contributed by atoms with Gasteiger partial charge in [0.25, 0.3) is 10.0 Å². The summed E-state index contributed by atoms with van der Waals surface area (Å²) in [5, 5.41) is 2.96. The molecule has 1 atom stereocenters. The lowest BCUT2D eigenvalue weighted by molar-refractivity contribution is -0.140. The van der Waals surface area contributed by atoms with Crippen molar-refractivity contribution >= 4 is 27.5 Å². The van der Waals surface area contributed by atoms with E-state index in [1.54, 1.807) is 30.3 Å². The molecule has 0 spiro atoms. The van der Waals surface area contributed by atoms with Crippen molar-refractivity contribution in [2.24, 2.45) is 0 Å². The van der Waals surface area contributed by atoms with Gasteiger partial charge in [0.05, 0.1) is 24.8 Å². The number of hydrogen-bond acceptors (Lipinski definition) is 6. The highest BCUT2D eigenvalue weighted by molar-refractivity contribution is 7.92. The average molecular weight is 676 g/mol. The minimum atomic E-state index is -4.40. The molecule has 4 rings (SSSR count). The van der Waals surface area contributed by atoms with E-state index in [4.69, 9.17) is 9.47 Å². The molecule has 0 unspecified atom stereocenters. The highest BCUT2D eigenvalue weighted by Gasteiger charge is 2.37. The van der Waals surface area contributed by atoms with Gasteiger partial charge < -0.3 is 19.7 Å². The van der Waals surface area contributed by atoms with E-state index < -0.39 is 45.8 Å². The van der Waals surface area contributed by atoms with E-state index in [1.165, 1.54) is 55.5 Å². The fraction of sp³-hybridized carbons (Fsp3) is 0.297. The maximum absolute atomic E-state index is 15.2. The number of anilines is 1. The van der Waals surface area contributed by atoms with Gasteiger partial charge >= 0.3 is 0 Å². The third-order valence-electron chi connectivity index (χ3n) is 7.61. The maximum Gasteiger partial charge on any atom is 0.264 e. The zero-order valence-electron chi connectivity index (χ0n) is 28.1. The standard InChI is InChI=1S/C37H42FN3O6S/c1-26-16-19-30(20-17-26)48(44,45)41(32-23-29(46-5)18-21-34(32)47-6)25-35(42)40(24-28-14-10-11-15-31(28)38)33(36(43)39-37(2,3)4)22-27-12-8-7-9-13-27/h7-21,23,33H,22,24-25H2,1-6H3,(H,39,43)/t33-/m0/s1. The number of ether oxygens (including phenoxy) is 2. The quantitative estimate of drug-likeness (QED) is 0.189. The van der Waals surface area contributed by atoms with E-state index in [0.29, 0.717) is 5.75 Å². The zero-order chi connectivity index (χ0) is 35.1. The predicted molar refractivity (Wildman–Crippen MR) is 184 cm³/mol. The van der Waals surface area contributed by atoms with Crippen LogP contribution in [0.3, 0.4) is 0 Å². The summed E-state index contributed by atoms with van der Waals surface area (Å²) in [6, 6.07) is 24.8. The number of nitrogens with zero attached hydrogens (tertiary/aromatic N) is 2. The van der Waals surface area contributed by atoms with Crippen molar-refractivity contribution in [2.75, 3.05) is 25.1 Å². The summed E-state index contributed by atoms with van der Waals surface area (Å²) in [7, 11) is -1.57. The van der Waals surface area contributed by atoms with Crippen molar-refractivity contribution in [2.45, 2.75) is 57.1 Å². The summed E-state index contributed by atoms with van der Waals surface area (Å²) in [6.07, 6.45) is 0.0934. The van der Waals surface area contributed by atoms with Crippen LogP contribution in [0.2, 0.25) is 0 Å². The normalized spacial score (nSPS) is 12.1. The molecule has 11 heteroatoms. The van der Waals surface area contributed by atoms with Gasteiger partial charge in [-0.2, -0.15) is 0 Å². The number of nitrogens with one attached hydrogen (secondary N) is 1. The van der Waals surface area contributed by atoms with Crippen LogP contribution in [0, 0.1) is 12.7 Å². The number of sulfonamides is 1. The molecule has 0 fully saturated rings. The highest BCUT2D eigenvalue weighted by atomic mass is 32.2. The van der Waals surface area contributed by atoms with Gasteiger partial charge in [0.15, 0.2) is 0 Å². The van der Waals surface area contributed by atoms with Gasteiger partial charge in [0.1, 0.15) is 29.9 Å². The van der Waals surface area contributed by atoms with Crippen molar-refractivity contribution in [3.8, 4) is 11.5 Å². The molecule has 0 aliphatic carbocycles. The molecule has 0 bridgehead atoms. The van der Waals surface area contributed by atoms with Crippen LogP contribution < -0.4 is 19.1 Å². The minimum absolute atomic E-state index is 0.0513. The van der Waals surface area contributed by atoms with E-state index in [9.17, 15) is 18.0 Å². The van der Waals surface area contributed by atoms with Crippen LogP contribution in [-0.2, 0) is 32.6 Å². The summed E-state index contributed by atoms with van der Waals surface area (Å²) in [5.74, 6) is -1.27. The molecule has 9 nitrogen and oxygen atoms in total. The molecule has 1 N–H and O–H groups in total. The molecule has 4 aromatic rings. The fourth-order valence-corrected chi connectivity index (χ4v) is 6.58. The second-order valence-electron chi connectivity index (χ2n) is 12.4. The summed E-state index contributed by atoms with van der Waals surface area (Å²) < 4.78 is 55.8. The number of carbonyl (C=O) groups excluding carboxylic acids is 2. The molecule has 254 valence electrons. The molecule has 48 heavy (non-hydrogen) atoms. The second-order valence-corrected chi connectivity index (χ2v) is 14.3. The molecule has 0 saturated carbocycles. The van der Waals surface area contributed by atoms with Crippen LogP contribution >= 0.6 is 0 Å². The van der Waals surface area contributed by atoms with E-state index >= 15 is 4.39 Å². The van der Waals surface area contributed by atoms with Crippen molar-refractivity contribution in [1.29, 1.82) is 0 Å². The molecule has 0 aliphatic heterocycles. The molecule has 2 amide bonds. The van der Waals surface area contributed by atoms with Gasteiger partial charge in [-0.25, -0.2) is 12.8 Å². The lowest BCUT2D eigenvalue weighted by atomic mass is 10.0. The van der Waals surface area contributed by atoms with Gasteiger partial charge in [-0.3, -0.25) is 13.9 Å². The molecule has 0 aromatic heterocycles. The van der Waals surface area contributed by atoms with Gasteiger partial charge in [0.2, 0.25) is 11.8 Å². The number of benzene rings is 4. The van der Waals surface area contributed by atoms with Crippen LogP contribution in [0.25, 0.3) is 0 Å². The van der Waals surface area contributed by atoms with E-state index in [-0.39, 0.29) is 34.9 Å². The first kappa shape index (κ1) is 35.9. The SMILES string of the molecule is COc1ccc(OC)c(N(CC(=O)N(Cc2ccccc2F)[C@@H](Cc2ccccc2)C(=O)NC(C)(C)C)S(=O)(=O)c2ccc(C)cc2)c1. The summed E-state index contributed by atoms with van der Waals surface area (Å²) in [5.41, 5.74) is 1.17. The first-order valence-electron chi connectivity index (χ1n) is 15.4. The Morgan fingerprint density at radius 2 is 1.52 bits per heavy atom. The van der Waals surface area contributed by atoms with Crippen molar-refractivity contribution in [1.82, 2.24) is 10.2 Å². The lowest BCUT2D eigenvalue weighted by Gasteiger charge is -2.35. The zero-order valence-corrected chi connectivity index (χ0v) is 28.9. The van der Waals surface area contributed by atoms with Gasteiger partial charge in [-0.05, 0) is 63.6 Å². The Balaban J connectivity index is 1.89. The van der Waals surface area contributed by atoms with Gasteiger partial charge in [0, 0.05) is 30.1 Å². The average Bonchev–Trinajstić information content (AvgIpc) is 3.05. The largest absolute Gasteiger partial charge is 0.497 e. The Morgan fingerprint density at radius 3 is 2.12 bits per heavy atom. The van der Waals surface area contributed by atoms with Crippen molar-refractivity contribution in [3.05, 3.63) is 120 Å². The van der Waals surface area contributed by atoms with Crippen LogP contribution in [0.4, 0.5) is 10.1 Å². The van der Waals surface area contributed by atoms with Crippen molar-refractivity contribution in [3.63, 3.8) is 0 Å². The highest BCUT2D eigenvalue weighted by Crippen LogP contribution is 2.36. The van der Waals surface area contributed by atoms with Crippen LogP contribution in [0.5, 0.6) is 11.5 Å². The Labute approximate surface area is 282 Å². The predicted octanol–water partition coefficient (Wildman–Crippen LogP) is 5.90. The minimum Gasteiger partial charge on any atom is -0.497 e. The molecular formula is C37H42FN3O6S. The smallest absolute Gasteiger partial charge is 0.264 e. The molecule has 0 saturated heterocycles. The van der Waals surface area contributed by atoms with Gasteiger partial charge in [-0.15, -0.1) is 0 Å². The Bertz CT molecular complexity index is 1830. The Kier molecular flexibility index (Phi) is 11.5. The number of carbonyl (C=O) groups is 2. The maximum atomic E-state index is 15.2. The summed E-state index contributed by atoms with van der Waals surface area (Å²) in [6.45, 7) is 6.25. The van der Waals surface area contributed by atoms with Crippen molar-refractivity contribution < 1.29 is 31.9 Å². The number of hydrogen-bond donors (Lipinski definition) is 1. The third kappa shape index (κ3) is 8.92. The molecule has 0 radical (unpaired) electrons. The lowest BCUT2D eigenvalue weighted by Crippen LogP contribution is -2.56. The number of halogens is 1. The van der Waals surface area contributed by atoms with Crippen LogP contribution in [0.15, 0.2) is 102 Å². The Hall–Kier alpha value is -4.90. The van der Waals surface area contributed by atoms with E-state index in [1.807, 2.05) is 58.0 Å². The van der Waals surface area contributed by atoms with E-state index in [2.05, 4.69) is 5.32 Å². The number of aryl methyl sites for hydroxylation is 1. The topological polar surface area (TPSA) is 105 Å². The molecular weight excluding hydrogens is 633 g/mol. The first-order chi connectivity index (χ1) is 22.7. The van der Waals surface area contributed by atoms with Crippen LogP contribution in [0.1, 0.15) is 37.5 Å². The fourth-order valence-electron chi connectivity index (χ4n) is 5.16. The molecule has 0 heterocycles. The number of amides is 2. The first-order valence-corrected chi connectivity index (χ1v) is 16.9. The second kappa shape index (κ2) is 15.3.